The van der Waals surface area contributed by atoms with Crippen molar-refractivity contribution in [2.45, 2.75) is 13.8 Å². The van der Waals surface area contributed by atoms with Gasteiger partial charge in [0, 0.05) is 17.3 Å². The van der Waals surface area contributed by atoms with E-state index in [2.05, 4.69) is 5.32 Å². The molecule has 1 fully saturated rings. The zero-order chi connectivity index (χ0) is 23.4. The molecule has 1 heterocycles. The number of amides is 3. The minimum Gasteiger partial charge on any atom is -0.496 e. The Kier molecular flexibility index (Phi) is 7.09. The fourth-order valence-corrected chi connectivity index (χ4v) is 4.16. The Morgan fingerprint density at radius 2 is 1.53 bits per heavy atom. The normalized spacial score (nSPS) is 14.7. The first-order chi connectivity index (χ1) is 15.2. The van der Waals surface area contributed by atoms with Crippen LogP contribution in [0.25, 0.3) is 6.08 Å². The molecule has 0 atom stereocenters. The Balaban J connectivity index is 1.80. The quantitative estimate of drug-likeness (QED) is 0.629. The van der Waals surface area contributed by atoms with E-state index >= 15 is 0 Å². The third-order valence-electron chi connectivity index (χ3n) is 4.70. The van der Waals surface area contributed by atoms with Gasteiger partial charge in [0.05, 0.1) is 26.2 Å². The Hall–Kier alpha value is -3.46. The molecule has 1 N–H and O–H groups in total. The van der Waals surface area contributed by atoms with Crippen LogP contribution in [0, 0.1) is 13.8 Å². The average molecular weight is 457 g/mol. The second-order valence-corrected chi connectivity index (χ2v) is 8.13. The van der Waals surface area contributed by atoms with E-state index in [1.807, 2.05) is 32.0 Å². The van der Waals surface area contributed by atoms with E-state index in [1.54, 1.807) is 12.1 Å². The number of nitrogens with one attached hydrogen (secondary N) is 1. The van der Waals surface area contributed by atoms with Crippen molar-refractivity contribution >= 4 is 40.6 Å². The van der Waals surface area contributed by atoms with E-state index in [0.717, 1.165) is 27.8 Å². The second-order valence-electron chi connectivity index (χ2n) is 7.14. The SMILES string of the molecule is COc1cc(OC)c(OC)cc1/C=C1/SC(=O)N(CC(=O)Nc2cc(C)cc(C)c2)C1=O. The largest absolute Gasteiger partial charge is 0.496 e. The van der Waals surface area contributed by atoms with Crippen LogP contribution in [0.3, 0.4) is 0 Å². The van der Waals surface area contributed by atoms with Crippen molar-refractivity contribution in [3.63, 3.8) is 0 Å². The molecule has 1 aliphatic rings. The minimum absolute atomic E-state index is 0.180. The van der Waals surface area contributed by atoms with E-state index in [9.17, 15) is 14.4 Å². The zero-order valence-electron chi connectivity index (χ0n) is 18.5. The standard InChI is InChI=1S/C23H24N2O6S/c1-13-6-14(2)8-16(7-13)24-21(26)12-25-22(27)20(32-23(25)28)10-15-9-18(30-4)19(31-5)11-17(15)29-3/h6-11H,12H2,1-5H3,(H,24,26)/b20-10+. The Labute approximate surface area is 190 Å². The summed E-state index contributed by atoms with van der Waals surface area (Å²) in [5.74, 6) is 0.362. The van der Waals surface area contributed by atoms with Crippen molar-refractivity contribution < 1.29 is 28.6 Å². The van der Waals surface area contributed by atoms with E-state index in [0.29, 0.717) is 28.5 Å². The number of methoxy groups -OCH3 is 3. The lowest BCUT2D eigenvalue weighted by Gasteiger charge is -2.13. The van der Waals surface area contributed by atoms with Gasteiger partial charge in [-0.3, -0.25) is 19.3 Å². The summed E-state index contributed by atoms with van der Waals surface area (Å²) in [5.41, 5.74) is 3.15. The molecule has 0 spiro atoms. The molecule has 0 aromatic heterocycles. The molecule has 0 saturated carbocycles. The topological polar surface area (TPSA) is 94.2 Å². The number of benzene rings is 2. The summed E-state index contributed by atoms with van der Waals surface area (Å²) in [6.45, 7) is 3.47. The van der Waals surface area contributed by atoms with Crippen LogP contribution in [0.1, 0.15) is 16.7 Å². The van der Waals surface area contributed by atoms with Gasteiger partial charge in [-0.1, -0.05) is 6.07 Å². The van der Waals surface area contributed by atoms with Crippen LogP contribution in [0.4, 0.5) is 10.5 Å². The van der Waals surface area contributed by atoms with Gasteiger partial charge in [0.25, 0.3) is 11.1 Å². The number of thioether (sulfide) groups is 1. The summed E-state index contributed by atoms with van der Waals surface area (Å²) in [4.78, 5) is 38.8. The van der Waals surface area contributed by atoms with Crippen LogP contribution in [0.5, 0.6) is 17.2 Å². The molecule has 168 valence electrons. The number of carbonyl (C=O) groups is 3. The maximum atomic E-state index is 12.8. The van der Waals surface area contributed by atoms with Crippen molar-refractivity contribution in [1.82, 2.24) is 4.90 Å². The fourth-order valence-electron chi connectivity index (χ4n) is 3.33. The second kappa shape index (κ2) is 9.78. The summed E-state index contributed by atoms with van der Waals surface area (Å²) in [7, 11) is 4.49. The van der Waals surface area contributed by atoms with Crippen molar-refractivity contribution in [3.05, 3.63) is 51.9 Å². The molecule has 0 radical (unpaired) electrons. The third kappa shape index (κ3) is 5.05. The van der Waals surface area contributed by atoms with Crippen molar-refractivity contribution in [2.75, 3.05) is 33.2 Å². The summed E-state index contributed by atoms with van der Waals surface area (Å²) in [6, 6.07) is 8.91. The fraction of sp³-hybridized carbons (Fsp3) is 0.261. The van der Waals surface area contributed by atoms with Crippen molar-refractivity contribution in [1.29, 1.82) is 0 Å². The molecule has 1 aliphatic heterocycles. The van der Waals surface area contributed by atoms with Gasteiger partial charge in [0.1, 0.15) is 12.3 Å². The van der Waals surface area contributed by atoms with Crippen LogP contribution in [-0.2, 0) is 9.59 Å². The molecule has 9 heteroatoms. The van der Waals surface area contributed by atoms with Gasteiger partial charge < -0.3 is 19.5 Å². The number of anilines is 1. The van der Waals surface area contributed by atoms with Gasteiger partial charge in [-0.15, -0.1) is 0 Å². The Morgan fingerprint density at radius 3 is 2.12 bits per heavy atom. The number of imide groups is 1. The molecule has 0 bridgehead atoms. The molecular weight excluding hydrogens is 432 g/mol. The minimum atomic E-state index is -0.549. The van der Waals surface area contributed by atoms with Crippen LogP contribution < -0.4 is 19.5 Å². The highest BCUT2D eigenvalue weighted by Crippen LogP contribution is 2.38. The van der Waals surface area contributed by atoms with E-state index in [-0.39, 0.29) is 11.4 Å². The summed E-state index contributed by atoms with van der Waals surface area (Å²) in [5, 5.41) is 2.22. The molecule has 2 aromatic rings. The number of nitrogens with zero attached hydrogens (tertiary/aromatic N) is 1. The maximum Gasteiger partial charge on any atom is 0.294 e. The lowest BCUT2D eigenvalue weighted by molar-refractivity contribution is -0.127. The number of carbonyl (C=O) groups excluding carboxylic acids is 3. The van der Waals surface area contributed by atoms with E-state index in [1.165, 1.54) is 27.4 Å². The summed E-state index contributed by atoms with van der Waals surface area (Å²) >= 11 is 0.763. The lowest BCUT2D eigenvalue weighted by Crippen LogP contribution is -2.36. The molecule has 8 nitrogen and oxygen atoms in total. The average Bonchev–Trinajstić information content (AvgIpc) is 2.99. The molecule has 3 rings (SSSR count). The Bertz CT molecular complexity index is 1090. The lowest BCUT2D eigenvalue weighted by atomic mass is 10.1. The Morgan fingerprint density at radius 1 is 0.938 bits per heavy atom. The maximum absolute atomic E-state index is 12.8. The predicted molar refractivity (Wildman–Crippen MR) is 123 cm³/mol. The molecule has 2 aromatic carbocycles. The highest BCUT2D eigenvalue weighted by molar-refractivity contribution is 8.18. The molecule has 3 amide bonds. The van der Waals surface area contributed by atoms with Crippen LogP contribution in [0.2, 0.25) is 0 Å². The van der Waals surface area contributed by atoms with Gasteiger partial charge in [-0.25, -0.2) is 0 Å². The third-order valence-corrected chi connectivity index (χ3v) is 5.61. The predicted octanol–water partition coefficient (Wildman–Crippen LogP) is 4.00. The van der Waals surface area contributed by atoms with Crippen LogP contribution in [0.15, 0.2) is 35.2 Å². The van der Waals surface area contributed by atoms with Gasteiger partial charge in [0.2, 0.25) is 5.91 Å². The molecule has 1 saturated heterocycles. The van der Waals surface area contributed by atoms with Crippen molar-refractivity contribution in [3.8, 4) is 17.2 Å². The van der Waals surface area contributed by atoms with Crippen LogP contribution in [-0.4, -0.2) is 49.8 Å². The van der Waals surface area contributed by atoms with Gasteiger partial charge in [-0.05, 0) is 61.0 Å². The molecule has 0 aliphatic carbocycles. The zero-order valence-corrected chi connectivity index (χ0v) is 19.3. The van der Waals surface area contributed by atoms with Crippen molar-refractivity contribution in [2.24, 2.45) is 0 Å². The first kappa shape index (κ1) is 23.2. The van der Waals surface area contributed by atoms with Gasteiger partial charge in [0.15, 0.2) is 11.5 Å². The number of rotatable bonds is 7. The molecule has 0 unspecified atom stereocenters. The van der Waals surface area contributed by atoms with Crippen LogP contribution >= 0.6 is 11.8 Å². The first-order valence-electron chi connectivity index (χ1n) is 9.69. The van der Waals surface area contributed by atoms with E-state index in [4.69, 9.17) is 14.2 Å². The number of aryl methyl sites for hydroxylation is 2. The monoisotopic (exact) mass is 456 g/mol. The highest BCUT2D eigenvalue weighted by atomic mass is 32.2. The summed E-state index contributed by atoms with van der Waals surface area (Å²) in [6.07, 6.45) is 1.54. The summed E-state index contributed by atoms with van der Waals surface area (Å²) < 4.78 is 15.9. The highest BCUT2D eigenvalue weighted by Gasteiger charge is 2.36. The number of hydrogen-bond donors (Lipinski definition) is 1. The number of ether oxygens (including phenoxy) is 3. The van der Waals surface area contributed by atoms with Gasteiger partial charge >= 0.3 is 0 Å². The first-order valence-corrected chi connectivity index (χ1v) is 10.5. The number of hydrogen-bond acceptors (Lipinski definition) is 7. The molecular formula is C23H24N2O6S. The smallest absolute Gasteiger partial charge is 0.294 e. The van der Waals surface area contributed by atoms with E-state index < -0.39 is 17.1 Å². The van der Waals surface area contributed by atoms with Gasteiger partial charge in [-0.2, -0.15) is 0 Å². The molecule has 32 heavy (non-hydrogen) atoms.